The summed E-state index contributed by atoms with van der Waals surface area (Å²) in [5.41, 5.74) is 0.943. The SMILES string of the molecule is Cc1onc(Cc2nc(N3CCOCC3)no2)c1C#N. The van der Waals surface area contributed by atoms with Gasteiger partial charge in [-0.3, -0.25) is 0 Å². The molecular formula is C12H13N5O3. The Labute approximate surface area is 114 Å². The summed E-state index contributed by atoms with van der Waals surface area (Å²) < 4.78 is 15.5. The second-order valence-corrected chi connectivity index (χ2v) is 4.44. The summed E-state index contributed by atoms with van der Waals surface area (Å²) in [6.07, 6.45) is 0.289. The number of rotatable bonds is 3. The minimum absolute atomic E-state index is 0.289. The van der Waals surface area contributed by atoms with E-state index in [0.29, 0.717) is 42.1 Å². The number of hydrogen-bond acceptors (Lipinski definition) is 8. The summed E-state index contributed by atoms with van der Waals surface area (Å²) in [5.74, 6) is 1.45. The van der Waals surface area contributed by atoms with E-state index in [1.54, 1.807) is 6.92 Å². The molecule has 0 aliphatic carbocycles. The van der Waals surface area contributed by atoms with Gasteiger partial charge in [0.2, 0.25) is 5.89 Å². The summed E-state index contributed by atoms with van der Waals surface area (Å²) in [5, 5.41) is 16.8. The van der Waals surface area contributed by atoms with Crippen molar-refractivity contribution < 1.29 is 13.8 Å². The van der Waals surface area contributed by atoms with Crippen molar-refractivity contribution in [3.05, 3.63) is 22.9 Å². The molecule has 0 atom stereocenters. The quantitative estimate of drug-likeness (QED) is 0.805. The van der Waals surface area contributed by atoms with Gasteiger partial charge in [0, 0.05) is 13.1 Å². The van der Waals surface area contributed by atoms with Crippen molar-refractivity contribution in [2.24, 2.45) is 0 Å². The van der Waals surface area contributed by atoms with Crippen LogP contribution in [0.15, 0.2) is 9.05 Å². The Morgan fingerprint density at radius 2 is 2.05 bits per heavy atom. The number of aromatic nitrogens is 3. The Kier molecular flexibility index (Phi) is 3.35. The fraction of sp³-hybridized carbons (Fsp3) is 0.500. The first kappa shape index (κ1) is 12.6. The molecule has 0 unspecified atom stereocenters. The fourth-order valence-electron chi connectivity index (χ4n) is 2.03. The van der Waals surface area contributed by atoms with Crippen molar-refractivity contribution in [1.82, 2.24) is 15.3 Å². The molecule has 0 N–H and O–H groups in total. The topological polar surface area (TPSA) is 101 Å². The van der Waals surface area contributed by atoms with Crippen LogP contribution in [0.25, 0.3) is 0 Å². The van der Waals surface area contributed by atoms with E-state index in [4.69, 9.17) is 19.0 Å². The fourth-order valence-corrected chi connectivity index (χ4v) is 2.03. The Morgan fingerprint density at radius 3 is 2.80 bits per heavy atom. The third-order valence-electron chi connectivity index (χ3n) is 3.12. The number of ether oxygens (including phenoxy) is 1. The minimum atomic E-state index is 0.289. The molecule has 2 aromatic rings. The van der Waals surface area contributed by atoms with Crippen molar-refractivity contribution in [2.45, 2.75) is 13.3 Å². The molecule has 3 rings (SSSR count). The smallest absolute Gasteiger partial charge is 0.266 e. The lowest BCUT2D eigenvalue weighted by Crippen LogP contribution is -2.36. The van der Waals surface area contributed by atoms with E-state index >= 15 is 0 Å². The van der Waals surface area contributed by atoms with E-state index in [1.165, 1.54) is 0 Å². The standard InChI is InChI=1S/C12H13N5O3/c1-8-9(7-13)10(15-19-8)6-11-14-12(16-20-11)17-2-4-18-5-3-17/h2-6H2,1H3. The number of nitrogens with zero attached hydrogens (tertiary/aromatic N) is 5. The Bertz CT molecular complexity index is 636. The zero-order valence-electron chi connectivity index (χ0n) is 11.0. The predicted octanol–water partition coefficient (Wildman–Crippen LogP) is 0.665. The highest BCUT2D eigenvalue weighted by molar-refractivity contribution is 5.37. The number of hydrogen-bond donors (Lipinski definition) is 0. The molecule has 2 aromatic heterocycles. The maximum atomic E-state index is 9.04. The van der Waals surface area contributed by atoms with Crippen molar-refractivity contribution in [3.63, 3.8) is 0 Å². The highest BCUT2D eigenvalue weighted by atomic mass is 16.5. The van der Waals surface area contributed by atoms with Crippen molar-refractivity contribution in [3.8, 4) is 6.07 Å². The van der Waals surface area contributed by atoms with Crippen LogP contribution in [0.1, 0.15) is 22.9 Å². The first-order valence-electron chi connectivity index (χ1n) is 6.28. The van der Waals surface area contributed by atoms with Gasteiger partial charge in [0.15, 0.2) is 5.76 Å². The molecule has 104 valence electrons. The maximum absolute atomic E-state index is 9.04. The lowest BCUT2D eigenvalue weighted by atomic mass is 10.2. The van der Waals surface area contributed by atoms with Crippen molar-refractivity contribution >= 4 is 5.95 Å². The van der Waals surface area contributed by atoms with Crippen LogP contribution in [0.2, 0.25) is 0 Å². The average Bonchev–Trinajstić information content (AvgIpc) is 3.08. The molecule has 0 radical (unpaired) electrons. The molecule has 8 heteroatoms. The van der Waals surface area contributed by atoms with Crippen LogP contribution in [0.4, 0.5) is 5.95 Å². The zero-order valence-corrected chi connectivity index (χ0v) is 11.0. The Morgan fingerprint density at radius 1 is 1.25 bits per heavy atom. The van der Waals surface area contributed by atoms with Gasteiger partial charge >= 0.3 is 0 Å². The normalized spacial score (nSPS) is 15.3. The number of anilines is 1. The molecule has 1 aliphatic heterocycles. The second kappa shape index (κ2) is 5.30. The third-order valence-corrected chi connectivity index (χ3v) is 3.12. The Hall–Kier alpha value is -2.40. The van der Waals surface area contributed by atoms with Gasteiger partial charge in [0.1, 0.15) is 17.3 Å². The molecule has 1 aliphatic rings. The molecule has 0 bridgehead atoms. The first-order chi connectivity index (χ1) is 9.78. The molecule has 20 heavy (non-hydrogen) atoms. The van der Waals surface area contributed by atoms with Crippen LogP contribution in [0, 0.1) is 18.3 Å². The van der Waals surface area contributed by atoms with E-state index in [9.17, 15) is 0 Å². The van der Waals surface area contributed by atoms with E-state index in [0.717, 1.165) is 13.1 Å². The molecule has 1 saturated heterocycles. The lowest BCUT2D eigenvalue weighted by Gasteiger charge is -2.24. The summed E-state index contributed by atoms with van der Waals surface area (Å²) in [6, 6.07) is 2.06. The van der Waals surface area contributed by atoms with Gasteiger partial charge in [-0.25, -0.2) is 0 Å². The van der Waals surface area contributed by atoms with Gasteiger partial charge in [0.05, 0.1) is 19.6 Å². The zero-order chi connectivity index (χ0) is 13.9. The van der Waals surface area contributed by atoms with Crippen LogP contribution >= 0.6 is 0 Å². The monoisotopic (exact) mass is 275 g/mol. The molecule has 3 heterocycles. The molecule has 8 nitrogen and oxygen atoms in total. The summed E-state index contributed by atoms with van der Waals surface area (Å²) in [7, 11) is 0. The van der Waals surface area contributed by atoms with Gasteiger partial charge in [-0.15, -0.1) is 0 Å². The molecular weight excluding hydrogens is 262 g/mol. The van der Waals surface area contributed by atoms with Crippen molar-refractivity contribution in [2.75, 3.05) is 31.2 Å². The number of aryl methyl sites for hydroxylation is 1. The largest absolute Gasteiger partial charge is 0.378 e. The van der Waals surface area contributed by atoms with Crippen LogP contribution in [0.5, 0.6) is 0 Å². The van der Waals surface area contributed by atoms with Gasteiger partial charge in [-0.05, 0) is 12.1 Å². The Balaban J connectivity index is 1.75. The molecule has 1 fully saturated rings. The first-order valence-corrected chi connectivity index (χ1v) is 6.28. The lowest BCUT2D eigenvalue weighted by molar-refractivity contribution is 0.121. The van der Waals surface area contributed by atoms with Crippen molar-refractivity contribution in [1.29, 1.82) is 5.26 Å². The van der Waals surface area contributed by atoms with Crippen LogP contribution in [-0.2, 0) is 11.2 Å². The maximum Gasteiger partial charge on any atom is 0.266 e. The van der Waals surface area contributed by atoms with E-state index < -0.39 is 0 Å². The summed E-state index contributed by atoms with van der Waals surface area (Å²) in [6.45, 7) is 4.49. The average molecular weight is 275 g/mol. The molecule has 0 amide bonds. The minimum Gasteiger partial charge on any atom is -0.378 e. The highest BCUT2D eigenvalue weighted by Crippen LogP contribution is 2.17. The van der Waals surface area contributed by atoms with E-state index in [2.05, 4.69) is 21.4 Å². The molecule has 0 aromatic carbocycles. The molecule has 0 saturated carbocycles. The van der Waals surface area contributed by atoms with Gasteiger partial charge in [-0.2, -0.15) is 10.2 Å². The van der Waals surface area contributed by atoms with Gasteiger partial charge in [0.25, 0.3) is 5.95 Å². The predicted molar refractivity (Wildman–Crippen MR) is 66.1 cm³/mol. The summed E-state index contributed by atoms with van der Waals surface area (Å²) in [4.78, 5) is 6.31. The molecule has 0 spiro atoms. The van der Waals surface area contributed by atoms with Gasteiger partial charge in [-0.1, -0.05) is 5.16 Å². The van der Waals surface area contributed by atoms with Crippen LogP contribution in [-0.4, -0.2) is 41.6 Å². The third kappa shape index (κ3) is 2.35. The highest BCUT2D eigenvalue weighted by Gasteiger charge is 2.20. The van der Waals surface area contributed by atoms with Crippen LogP contribution < -0.4 is 4.90 Å². The number of nitriles is 1. The number of morpholine rings is 1. The second-order valence-electron chi connectivity index (χ2n) is 4.44. The van der Waals surface area contributed by atoms with E-state index in [1.807, 2.05) is 4.90 Å². The summed E-state index contributed by atoms with van der Waals surface area (Å²) >= 11 is 0. The van der Waals surface area contributed by atoms with E-state index in [-0.39, 0.29) is 6.42 Å². The van der Waals surface area contributed by atoms with Crippen LogP contribution in [0.3, 0.4) is 0 Å². The van der Waals surface area contributed by atoms with Gasteiger partial charge < -0.3 is 18.7 Å².